The summed E-state index contributed by atoms with van der Waals surface area (Å²) >= 11 is 1.66. The third-order valence-electron chi connectivity index (χ3n) is 5.57. The molecule has 0 aliphatic heterocycles. The minimum absolute atomic E-state index is 0.176. The fourth-order valence-electron chi connectivity index (χ4n) is 3.87. The van der Waals surface area contributed by atoms with Gasteiger partial charge in [-0.15, -0.1) is 21.5 Å². The third-order valence-corrected chi connectivity index (χ3v) is 6.63. The van der Waals surface area contributed by atoms with Crippen molar-refractivity contribution in [3.8, 4) is 33.6 Å². The molecule has 6 aromatic rings. The van der Waals surface area contributed by atoms with Gasteiger partial charge in [-0.25, -0.2) is 19.9 Å². The minimum Gasteiger partial charge on any atom is -0.420 e. The second kappa shape index (κ2) is 9.59. The van der Waals surface area contributed by atoms with E-state index in [9.17, 15) is 0 Å². The van der Waals surface area contributed by atoms with Gasteiger partial charge >= 0.3 is 0 Å². The zero-order valence-electron chi connectivity index (χ0n) is 19.7. The monoisotopic (exact) mass is 504 g/mol. The molecule has 0 atom stereocenters. The van der Waals surface area contributed by atoms with Crippen LogP contribution in [0.3, 0.4) is 0 Å². The Bertz CT molecular complexity index is 1720. The number of hydrogen-bond donors (Lipinski definition) is 2. The Morgan fingerprint density at radius 1 is 0.892 bits per heavy atom. The molecule has 5 aromatic heterocycles. The average molecular weight is 505 g/mol. The number of thiophene rings is 1. The first-order chi connectivity index (χ1) is 18.1. The molecule has 6 rings (SSSR count). The molecule has 0 spiro atoms. The van der Waals surface area contributed by atoms with Crippen LogP contribution >= 0.6 is 11.3 Å². The summed E-state index contributed by atoms with van der Waals surface area (Å²) in [4.78, 5) is 18.1. The number of pyridine rings is 2. The maximum absolute atomic E-state index is 5.97. The molecular weight excluding hydrogens is 484 g/mol. The smallest absolute Gasteiger partial charge is 0.230 e. The number of aryl methyl sites for hydroxylation is 1. The number of anilines is 3. The van der Waals surface area contributed by atoms with Gasteiger partial charge in [0.05, 0.1) is 28.0 Å². The third kappa shape index (κ3) is 4.65. The van der Waals surface area contributed by atoms with E-state index < -0.39 is 0 Å². The Morgan fingerprint density at radius 2 is 1.78 bits per heavy atom. The Morgan fingerprint density at radius 3 is 2.57 bits per heavy atom. The number of nitrogens with two attached hydrogens (primary N) is 1. The lowest BCUT2D eigenvalue weighted by Gasteiger charge is -2.11. The number of benzene rings is 1. The Balaban J connectivity index is 1.26. The summed E-state index contributed by atoms with van der Waals surface area (Å²) in [6.45, 7) is 2.08. The van der Waals surface area contributed by atoms with Gasteiger partial charge in [0.2, 0.25) is 17.7 Å². The molecule has 0 amide bonds. The van der Waals surface area contributed by atoms with Crippen molar-refractivity contribution < 1.29 is 4.74 Å². The van der Waals surface area contributed by atoms with E-state index in [0.29, 0.717) is 28.8 Å². The molecule has 10 heteroatoms. The number of rotatable bonds is 6. The molecule has 3 N–H and O–H groups in total. The van der Waals surface area contributed by atoms with E-state index in [-0.39, 0.29) is 5.95 Å². The normalized spacial score (nSPS) is 10.9. The van der Waals surface area contributed by atoms with Crippen molar-refractivity contribution in [2.75, 3.05) is 11.1 Å². The van der Waals surface area contributed by atoms with Crippen LogP contribution in [-0.2, 0) is 0 Å². The molecule has 9 nitrogen and oxygen atoms in total. The van der Waals surface area contributed by atoms with E-state index in [4.69, 9.17) is 10.5 Å². The molecule has 0 aliphatic carbocycles. The molecule has 0 radical (unpaired) electrons. The van der Waals surface area contributed by atoms with Gasteiger partial charge in [-0.05, 0) is 48.2 Å². The first-order valence-corrected chi connectivity index (χ1v) is 12.3. The maximum atomic E-state index is 5.97. The molecule has 0 bridgehead atoms. The maximum Gasteiger partial charge on any atom is 0.230 e. The fraction of sp³-hybridized carbons (Fsp3) is 0.0370. The van der Waals surface area contributed by atoms with Gasteiger partial charge in [0.25, 0.3) is 0 Å². The minimum atomic E-state index is 0.176. The number of fused-ring (bicyclic) bond motifs is 1. The molecule has 5 heterocycles. The van der Waals surface area contributed by atoms with E-state index in [1.54, 1.807) is 48.1 Å². The van der Waals surface area contributed by atoms with Crippen LogP contribution in [0.5, 0.6) is 11.8 Å². The van der Waals surface area contributed by atoms with Crippen molar-refractivity contribution in [3.63, 3.8) is 0 Å². The van der Waals surface area contributed by atoms with Gasteiger partial charge in [0, 0.05) is 29.2 Å². The molecule has 37 heavy (non-hydrogen) atoms. The highest BCUT2D eigenvalue weighted by atomic mass is 32.1. The molecule has 1 aromatic carbocycles. The van der Waals surface area contributed by atoms with Crippen LogP contribution in [0.4, 0.5) is 17.5 Å². The predicted molar refractivity (Wildman–Crippen MR) is 145 cm³/mol. The Kier molecular flexibility index (Phi) is 5.83. The van der Waals surface area contributed by atoms with E-state index in [1.807, 2.05) is 30.3 Å². The van der Waals surface area contributed by atoms with Crippen molar-refractivity contribution in [2.24, 2.45) is 0 Å². The highest BCUT2D eigenvalue weighted by Crippen LogP contribution is 2.34. The zero-order valence-corrected chi connectivity index (χ0v) is 20.5. The number of nitrogens with one attached hydrogen (secondary N) is 1. The van der Waals surface area contributed by atoms with Gasteiger partial charge < -0.3 is 15.8 Å². The molecule has 0 aliphatic rings. The molecular formula is C27H20N8OS. The largest absolute Gasteiger partial charge is 0.420 e. The average Bonchev–Trinajstić information content (AvgIpc) is 3.36. The summed E-state index contributed by atoms with van der Waals surface area (Å²) in [6, 6.07) is 19.2. The number of aromatic nitrogens is 6. The lowest BCUT2D eigenvalue weighted by molar-refractivity contribution is 0.446. The Hall–Kier alpha value is -4.96. The summed E-state index contributed by atoms with van der Waals surface area (Å²) in [6.07, 6.45) is 4.91. The lowest BCUT2D eigenvalue weighted by Crippen LogP contribution is -2.00. The van der Waals surface area contributed by atoms with Crippen LogP contribution in [0.25, 0.3) is 32.6 Å². The first kappa shape index (κ1) is 22.5. The fourth-order valence-corrected chi connectivity index (χ4v) is 4.77. The zero-order chi connectivity index (χ0) is 25.2. The van der Waals surface area contributed by atoms with Crippen LogP contribution in [0, 0.1) is 6.92 Å². The van der Waals surface area contributed by atoms with Crippen molar-refractivity contribution in [3.05, 3.63) is 90.2 Å². The van der Waals surface area contributed by atoms with Crippen molar-refractivity contribution >= 4 is 39.6 Å². The van der Waals surface area contributed by atoms with E-state index >= 15 is 0 Å². The second-order valence-electron chi connectivity index (χ2n) is 8.20. The van der Waals surface area contributed by atoms with Gasteiger partial charge in [-0.2, -0.15) is 0 Å². The van der Waals surface area contributed by atoms with Crippen LogP contribution in [-0.4, -0.2) is 30.1 Å². The summed E-state index contributed by atoms with van der Waals surface area (Å²) in [5, 5.41) is 16.5. The van der Waals surface area contributed by atoms with Gasteiger partial charge in [0.15, 0.2) is 5.82 Å². The predicted octanol–water partition coefficient (Wildman–Crippen LogP) is 6.03. The van der Waals surface area contributed by atoms with Gasteiger partial charge in [0.1, 0.15) is 5.69 Å². The van der Waals surface area contributed by atoms with Crippen molar-refractivity contribution in [2.45, 2.75) is 6.92 Å². The molecule has 0 saturated heterocycles. The summed E-state index contributed by atoms with van der Waals surface area (Å²) in [5.74, 6) is 1.57. The van der Waals surface area contributed by atoms with Crippen molar-refractivity contribution in [1.29, 1.82) is 0 Å². The Labute approximate surface area is 216 Å². The summed E-state index contributed by atoms with van der Waals surface area (Å²) in [5.41, 5.74) is 9.86. The number of hydrogen-bond acceptors (Lipinski definition) is 10. The van der Waals surface area contributed by atoms with E-state index in [1.165, 1.54) is 5.56 Å². The molecule has 180 valence electrons. The lowest BCUT2D eigenvalue weighted by atomic mass is 10.1. The standard InChI is InChI=1S/C27H20N8OS/c1-16-13-22(37-15-16)24-18-5-2-3-6-19(18)25(35-34-24)32-17-8-9-23(31-14-17)36-26-20(7-4-11-29-26)21-10-12-30-27(28)33-21/h2-15H,1H3,(H,32,35)(H2,28,30,33). The number of ether oxygens (including phenoxy) is 1. The highest BCUT2D eigenvalue weighted by Gasteiger charge is 2.14. The van der Waals surface area contributed by atoms with Gasteiger partial charge in [-0.3, -0.25) is 0 Å². The van der Waals surface area contributed by atoms with Crippen molar-refractivity contribution in [1.82, 2.24) is 30.1 Å². The van der Waals surface area contributed by atoms with E-state index in [2.05, 4.69) is 59.9 Å². The van der Waals surface area contributed by atoms with Crippen LogP contribution < -0.4 is 15.8 Å². The summed E-state index contributed by atoms with van der Waals surface area (Å²) < 4.78 is 5.97. The summed E-state index contributed by atoms with van der Waals surface area (Å²) in [7, 11) is 0. The van der Waals surface area contributed by atoms with Crippen LogP contribution in [0.15, 0.2) is 84.6 Å². The quantitative estimate of drug-likeness (QED) is 0.279. The molecule has 0 unspecified atom stereocenters. The van der Waals surface area contributed by atoms with Crippen LogP contribution in [0.2, 0.25) is 0 Å². The van der Waals surface area contributed by atoms with Gasteiger partial charge in [-0.1, -0.05) is 24.3 Å². The second-order valence-corrected chi connectivity index (χ2v) is 9.11. The highest BCUT2D eigenvalue weighted by molar-refractivity contribution is 7.13. The first-order valence-electron chi connectivity index (χ1n) is 11.4. The van der Waals surface area contributed by atoms with E-state index in [0.717, 1.165) is 27.0 Å². The topological polar surface area (TPSA) is 125 Å². The number of nitrogen functional groups attached to an aromatic ring is 1. The number of nitrogens with zero attached hydrogens (tertiary/aromatic N) is 6. The van der Waals surface area contributed by atoms with Crippen LogP contribution in [0.1, 0.15) is 5.56 Å². The SMILES string of the molecule is Cc1csc(-c2nnc(Nc3ccc(Oc4ncccc4-c4ccnc(N)n4)nc3)c3ccccc23)c1. The molecule has 0 fully saturated rings. The molecule has 0 saturated carbocycles.